The fraction of sp³-hybridized carbons (Fsp3) is 0. The highest BCUT2D eigenvalue weighted by Crippen LogP contribution is 2.41. The minimum Gasteiger partial charge on any atom is -0.456 e. The van der Waals surface area contributed by atoms with Crippen molar-refractivity contribution < 1.29 is 8.83 Å². The first-order valence-corrected chi connectivity index (χ1v) is 18.8. The molecular weight excluding hydrogens is 687 g/mol. The summed E-state index contributed by atoms with van der Waals surface area (Å²) in [6.45, 7) is 0. The Balaban J connectivity index is 1.07. The van der Waals surface area contributed by atoms with Gasteiger partial charge in [0.15, 0.2) is 17.5 Å². The predicted molar refractivity (Wildman–Crippen MR) is 229 cm³/mol. The second-order valence-electron chi connectivity index (χ2n) is 14.3. The molecule has 5 heteroatoms. The van der Waals surface area contributed by atoms with Gasteiger partial charge in [0.2, 0.25) is 0 Å². The second-order valence-corrected chi connectivity index (χ2v) is 14.3. The van der Waals surface area contributed by atoms with Gasteiger partial charge in [0.25, 0.3) is 0 Å². The zero-order valence-electron chi connectivity index (χ0n) is 29.9. The van der Waals surface area contributed by atoms with E-state index in [1.807, 2.05) is 30.3 Å². The van der Waals surface area contributed by atoms with Crippen molar-refractivity contribution in [3.05, 3.63) is 176 Å². The molecule has 0 saturated carbocycles. The quantitative estimate of drug-likeness (QED) is 0.181. The van der Waals surface area contributed by atoms with Crippen LogP contribution in [0.1, 0.15) is 0 Å². The number of benzene rings is 9. The zero-order chi connectivity index (χ0) is 36.7. The van der Waals surface area contributed by atoms with Crippen molar-refractivity contribution >= 4 is 76.2 Å². The van der Waals surface area contributed by atoms with E-state index in [1.54, 1.807) is 0 Å². The lowest BCUT2D eigenvalue weighted by Gasteiger charge is -2.13. The molecule has 9 aromatic carbocycles. The van der Waals surface area contributed by atoms with Gasteiger partial charge >= 0.3 is 0 Å². The summed E-state index contributed by atoms with van der Waals surface area (Å²) >= 11 is 0. The molecule has 12 aromatic rings. The maximum Gasteiger partial charge on any atom is 0.164 e. The molecular formula is C51H29N3O2. The minimum absolute atomic E-state index is 0.611. The molecule has 0 saturated heterocycles. The summed E-state index contributed by atoms with van der Waals surface area (Å²) in [7, 11) is 0. The van der Waals surface area contributed by atoms with Crippen LogP contribution in [0.2, 0.25) is 0 Å². The highest BCUT2D eigenvalue weighted by Gasteiger charge is 2.19. The van der Waals surface area contributed by atoms with Crippen LogP contribution in [-0.2, 0) is 0 Å². The zero-order valence-corrected chi connectivity index (χ0v) is 29.9. The second kappa shape index (κ2) is 11.9. The van der Waals surface area contributed by atoms with E-state index in [4.69, 9.17) is 23.8 Å². The summed E-state index contributed by atoms with van der Waals surface area (Å²) in [5, 5.41) is 11.1. The van der Waals surface area contributed by atoms with Gasteiger partial charge in [0, 0.05) is 38.2 Å². The molecule has 12 rings (SSSR count). The Kier molecular flexibility index (Phi) is 6.56. The summed E-state index contributed by atoms with van der Waals surface area (Å²) in [5.74, 6) is 1.85. The average molecular weight is 716 g/mol. The Morgan fingerprint density at radius 1 is 0.286 bits per heavy atom. The Labute approximate surface area is 320 Å². The number of aromatic nitrogens is 3. The number of furan rings is 2. The van der Waals surface area contributed by atoms with E-state index in [0.29, 0.717) is 17.5 Å². The van der Waals surface area contributed by atoms with Crippen LogP contribution in [0.15, 0.2) is 185 Å². The highest BCUT2D eigenvalue weighted by molar-refractivity contribution is 6.19. The Bertz CT molecular complexity index is 3560. The van der Waals surface area contributed by atoms with Crippen LogP contribution in [0.5, 0.6) is 0 Å². The third-order valence-corrected chi connectivity index (χ3v) is 11.1. The van der Waals surface area contributed by atoms with Gasteiger partial charge in [-0.1, -0.05) is 140 Å². The number of nitrogens with zero attached hydrogens (tertiary/aromatic N) is 3. The summed E-state index contributed by atoms with van der Waals surface area (Å²) < 4.78 is 12.5. The first-order chi connectivity index (χ1) is 27.7. The number of para-hydroxylation sites is 2. The van der Waals surface area contributed by atoms with Gasteiger partial charge < -0.3 is 8.83 Å². The minimum atomic E-state index is 0.611. The van der Waals surface area contributed by atoms with Crippen LogP contribution in [0.3, 0.4) is 0 Å². The lowest BCUT2D eigenvalue weighted by molar-refractivity contribution is 0.668. The average Bonchev–Trinajstić information content (AvgIpc) is 3.84. The first kappa shape index (κ1) is 30.8. The van der Waals surface area contributed by atoms with E-state index in [9.17, 15) is 0 Å². The molecule has 56 heavy (non-hydrogen) atoms. The van der Waals surface area contributed by atoms with E-state index < -0.39 is 0 Å². The largest absolute Gasteiger partial charge is 0.456 e. The van der Waals surface area contributed by atoms with E-state index in [0.717, 1.165) is 98.6 Å². The molecule has 3 aromatic heterocycles. The molecule has 5 nitrogen and oxygen atoms in total. The summed E-state index contributed by atoms with van der Waals surface area (Å²) in [6, 6.07) is 61.0. The van der Waals surface area contributed by atoms with Crippen LogP contribution >= 0.6 is 0 Å². The lowest BCUT2D eigenvalue weighted by atomic mass is 9.93. The van der Waals surface area contributed by atoms with Crippen LogP contribution in [0.4, 0.5) is 0 Å². The number of fused-ring (bicyclic) bond motifs is 10. The highest BCUT2D eigenvalue weighted by atomic mass is 16.3. The van der Waals surface area contributed by atoms with Gasteiger partial charge in [-0.2, -0.15) is 0 Å². The molecule has 0 N–H and O–H groups in total. The number of hydrogen-bond acceptors (Lipinski definition) is 5. The standard InChI is InChI=1S/C51H29N3O2/c1-2-11-31-28-33(23-22-30(31)10-1)49-52-50(34-24-26-35-32(29-34)25-27-46-47(35)41-12-3-5-19-43(41)56-46)54-51(53-49)40-18-8-14-36-37(15-7-16-38(36)40)39-17-9-21-45-48(39)42-13-4-6-20-44(42)55-45/h1-29H. The van der Waals surface area contributed by atoms with Crippen molar-refractivity contribution in [2.75, 3.05) is 0 Å². The summed E-state index contributed by atoms with van der Waals surface area (Å²) in [4.78, 5) is 15.6. The monoisotopic (exact) mass is 715 g/mol. The van der Waals surface area contributed by atoms with Gasteiger partial charge in [0.05, 0.1) is 0 Å². The summed E-state index contributed by atoms with van der Waals surface area (Å²) in [6.07, 6.45) is 0. The fourth-order valence-electron chi connectivity index (χ4n) is 8.51. The molecule has 0 radical (unpaired) electrons. The molecule has 0 fully saturated rings. The van der Waals surface area contributed by atoms with Crippen LogP contribution in [0, 0.1) is 0 Å². The SMILES string of the molecule is c1ccc2cc(-c3nc(-c4ccc5c(ccc6oc7ccccc7c65)c4)nc(-c4cccc5c(-c6cccc7oc8ccccc8c67)cccc45)n3)ccc2c1. The Hall–Kier alpha value is -7.63. The van der Waals surface area contributed by atoms with E-state index >= 15 is 0 Å². The smallest absolute Gasteiger partial charge is 0.164 e. The number of rotatable bonds is 4. The maximum absolute atomic E-state index is 6.29. The normalized spacial score (nSPS) is 11.9. The molecule has 0 bridgehead atoms. The molecule has 260 valence electrons. The van der Waals surface area contributed by atoms with Crippen molar-refractivity contribution in [1.29, 1.82) is 0 Å². The van der Waals surface area contributed by atoms with Gasteiger partial charge in [0.1, 0.15) is 22.3 Å². The molecule has 0 aliphatic carbocycles. The Morgan fingerprint density at radius 2 is 0.804 bits per heavy atom. The third-order valence-electron chi connectivity index (χ3n) is 11.1. The Morgan fingerprint density at radius 3 is 1.59 bits per heavy atom. The molecule has 0 unspecified atom stereocenters. The maximum atomic E-state index is 6.29. The molecule has 0 spiro atoms. The fourth-order valence-corrected chi connectivity index (χ4v) is 8.51. The van der Waals surface area contributed by atoms with Gasteiger partial charge in [-0.05, 0) is 79.8 Å². The van der Waals surface area contributed by atoms with Gasteiger partial charge in [-0.15, -0.1) is 0 Å². The van der Waals surface area contributed by atoms with Crippen LogP contribution < -0.4 is 0 Å². The molecule has 3 heterocycles. The van der Waals surface area contributed by atoms with Crippen molar-refractivity contribution in [2.45, 2.75) is 0 Å². The number of hydrogen-bond donors (Lipinski definition) is 0. The van der Waals surface area contributed by atoms with Crippen molar-refractivity contribution in [1.82, 2.24) is 15.0 Å². The van der Waals surface area contributed by atoms with Crippen molar-refractivity contribution in [2.24, 2.45) is 0 Å². The van der Waals surface area contributed by atoms with E-state index in [-0.39, 0.29) is 0 Å². The molecule has 0 aliphatic heterocycles. The van der Waals surface area contributed by atoms with Crippen molar-refractivity contribution in [3.8, 4) is 45.3 Å². The first-order valence-electron chi connectivity index (χ1n) is 18.8. The third kappa shape index (κ3) is 4.71. The van der Waals surface area contributed by atoms with Crippen LogP contribution in [-0.4, -0.2) is 15.0 Å². The van der Waals surface area contributed by atoms with E-state index in [1.165, 1.54) is 5.39 Å². The van der Waals surface area contributed by atoms with Crippen LogP contribution in [0.25, 0.3) is 121 Å². The lowest BCUT2D eigenvalue weighted by Crippen LogP contribution is -2.01. The summed E-state index contributed by atoms with van der Waals surface area (Å²) in [5.41, 5.74) is 8.54. The van der Waals surface area contributed by atoms with Gasteiger partial charge in [-0.3, -0.25) is 0 Å². The van der Waals surface area contributed by atoms with Crippen molar-refractivity contribution in [3.63, 3.8) is 0 Å². The molecule has 0 aliphatic rings. The predicted octanol–water partition coefficient (Wildman–Crippen LogP) is 13.8. The molecule has 0 amide bonds. The molecule has 0 atom stereocenters. The van der Waals surface area contributed by atoms with E-state index in [2.05, 4.69) is 146 Å². The topological polar surface area (TPSA) is 65.0 Å². The van der Waals surface area contributed by atoms with Gasteiger partial charge in [-0.25, -0.2) is 15.0 Å².